The Morgan fingerprint density at radius 2 is 1.75 bits per heavy atom. The molecule has 1 amide bonds. The number of halogens is 2. The van der Waals surface area contributed by atoms with E-state index in [9.17, 15) is 22.0 Å². The molecule has 0 aliphatic carbocycles. The van der Waals surface area contributed by atoms with E-state index in [0.29, 0.717) is 38.4 Å². The topological polar surface area (TPSA) is 69.7 Å². The minimum absolute atomic E-state index is 0.0510. The molecule has 0 radical (unpaired) electrons. The summed E-state index contributed by atoms with van der Waals surface area (Å²) in [6, 6.07) is 12.7. The molecule has 2 atom stereocenters. The van der Waals surface area contributed by atoms with Crippen LogP contribution in [0.2, 0.25) is 0 Å². The van der Waals surface area contributed by atoms with E-state index in [1.54, 1.807) is 6.07 Å². The van der Waals surface area contributed by atoms with Crippen molar-refractivity contribution in [1.29, 1.82) is 0 Å². The summed E-state index contributed by atoms with van der Waals surface area (Å²) >= 11 is 0. The fourth-order valence-corrected chi connectivity index (χ4v) is 5.63. The second-order valence-electron chi connectivity index (χ2n) is 8.45. The molecule has 2 aliphatic rings. The predicted molar refractivity (Wildman–Crippen MR) is 119 cm³/mol. The first-order chi connectivity index (χ1) is 15.3. The maximum absolute atomic E-state index is 13.6. The molecule has 172 valence electrons. The molecular formula is C23H27F2N3O3S. The zero-order valence-electron chi connectivity index (χ0n) is 17.7. The van der Waals surface area contributed by atoms with E-state index in [0.717, 1.165) is 18.1 Å². The number of amides is 1. The Morgan fingerprint density at radius 3 is 2.44 bits per heavy atom. The van der Waals surface area contributed by atoms with Crippen molar-refractivity contribution < 1.29 is 22.0 Å². The number of nitrogens with one attached hydrogen (secondary N) is 1. The van der Waals surface area contributed by atoms with Gasteiger partial charge >= 0.3 is 0 Å². The van der Waals surface area contributed by atoms with Gasteiger partial charge in [-0.05, 0) is 30.0 Å². The lowest BCUT2D eigenvalue weighted by Crippen LogP contribution is -2.48. The van der Waals surface area contributed by atoms with Crippen LogP contribution in [-0.4, -0.2) is 63.5 Å². The number of nitrogens with zero attached hydrogens (tertiary/aromatic N) is 2. The normalized spacial score (nSPS) is 21.9. The minimum Gasteiger partial charge on any atom is -0.371 e. The van der Waals surface area contributed by atoms with Gasteiger partial charge in [-0.1, -0.05) is 30.3 Å². The quantitative estimate of drug-likeness (QED) is 0.713. The van der Waals surface area contributed by atoms with Crippen molar-refractivity contribution >= 4 is 21.4 Å². The smallest absolute Gasteiger partial charge is 0.241 e. The lowest BCUT2D eigenvalue weighted by atomic mass is 10.0. The first-order valence-corrected chi connectivity index (χ1v) is 12.6. The van der Waals surface area contributed by atoms with Crippen LogP contribution in [-0.2, 0) is 14.6 Å². The third-order valence-corrected chi connectivity index (χ3v) is 7.84. The molecule has 1 N–H and O–H groups in total. The van der Waals surface area contributed by atoms with E-state index < -0.39 is 27.5 Å². The summed E-state index contributed by atoms with van der Waals surface area (Å²) in [5, 5.41) is 3.04. The number of benzene rings is 2. The molecule has 2 aromatic carbocycles. The Hall–Kier alpha value is -2.52. The van der Waals surface area contributed by atoms with Crippen LogP contribution in [0.4, 0.5) is 14.5 Å². The Labute approximate surface area is 187 Å². The predicted octanol–water partition coefficient (Wildman–Crippen LogP) is 2.38. The van der Waals surface area contributed by atoms with Crippen molar-refractivity contribution in [2.75, 3.05) is 49.1 Å². The second kappa shape index (κ2) is 9.54. The van der Waals surface area contributed by atoms with Crippen molar-refractivity contribution in [2.24, 2.45) is 5.92 Å². The van der Waals surface area contributed by atoms with Crippen LogP contribution in [0.5, 0.6) is 0 Å². The van der Waals surface area contributed by atoms with Crippen molar-refractivity contribution in [1.82, 2.24) is 10.2 Å². The molecule has 6 nitrogen and oxygen atoms in total. The van der Waals surface area contributed by atoms with Crippen LogP contribution in [0.3, 0.4) is 0 Å². The zero-order valence-corrected chi connectivity index (χ0v) is 18.5. The first kappa shape index (κ1) is 22.7. The monoisotopic (exact) mass is 463 g/mol. The number of hydrogen-bond donors (Lipinski definition) is 1. The summed E-state index contributed by atoms with van der Waals surface area (Å²) in [7, 11) is -3.05. The van der Waals surface area contributed by atoms with Gasteiger partial charge in [0.15, 0.2) is 21.5 Å². The summed E-state index contributed by atoms with van der Waals surface area (Å²) in [4.78, 5) is 17.1. The number of anilines is 1. The minimum atomic E-state index is -3.05. The Bertz CT molecular complexity index is 1050. The maximum Gasteiger partial charge on any atom is 0.241 e. The van der Waals surface area contributed by atoms with Crippen LogP contribution in [0.25, 0.3) is 0 Å². The summed E-state index contributed by atoms with van der Waals surface area (Å²) in [5.41, 5.74) is 1.47. The number of rotatable bonds is 6. The highest BCUT2D eigenvalue weighted by Gasteiger charge is 2.33. The molecule has 4 rings (SSSR count). The molecule has 0 saturated carbocycles. The third kappa shape index (κ3) is 5.27. The molecule has 2 unspecified atom stereocenters. The summed E-state index contributed by atoms with van der Waals surface area (Å²) in [5.74, 6) is -1.60. The number of sulfone groups is 1. The summed E-state index contributed by atoms with van der Waals surface area (Å²) in [6.45, 7) is 2.46. The van der Waals surface area contributed by atoms with Crippen molar-refractivity contribution in [3.8, 4) is 0 Å². The molecule has 2 aliphatic heterocycles. The van der Waals surface area contributed by atoms with Crippen molar-refractivity contribution in [3.63, 3.8) is 0 Å². The van der Waals surface area contributed by atoms with Crippen LogP contribution in [0, 0.1) is 17.6 Å². The van der Waals surface area contributed by atoms with Gasteiger partial charge in [-0.15, -0.1) is 0 Å². The summed E-state index contributed by atoms with van der Waals surface area (Å²) < 4.78 is 50.4. The van der Waals surface area contributed by atoms with Crippen LogP contribution >= 0.6 is 0 Å². The van der Waals surface area contributed by atoms with Gasteiger partial charge in [0.25, 0.3) is 0 Å². The number of hydrogen-bond acceptors (Lipinski definition) is 5. The van der Waals surface area contributed by atoms with Gasteiger partial charge in [0.1, 0.15) is 6.04 Å². The second-order valence-corrected chi connectivity index (χ2v) is 10.7. The highest BCUT2D eigenvalue weighted by Crippen LogP contribution is 2.26. The SMILES string of the molecule is O=C(NCC1CCN(c2ccc(F)c(F)c2)C1)C(c1ccccc1)N1CCS(=O)(=O)CC1. The van der Waals surface area contributed by atoms with Gasteiger partial charge < -0.3 is 10.2 Å². The van der Waals surface area contributed by atoms with E-state index in [1.807, 2.05) is 40.1 Å². The molecule has 32 heavy (non-hydrogen) atoms. The van der Waals surface area contributed by atoms with Crippen molar-refractivity contribution in [3.05, 3.63) is 65.7 Å². The van der Waals surface area contributed by atoms with Crippen LogP contribution < -0.4 is 10.2 Å². The standard InChI is InChI=1S/C23H27F2N3O3S/c24-20-7-6-19(14-21(20)25)28-9-8-17(16-28)15-26-23(29)22(18-4-2-1-3-5-18)27-10-12-32(30,31)13-11-27/h1-7,14,17,22H,8-13,15-16H2,(H,26,29). The number of carbonyl (C=O) groups excluding carboxylic acids is 1. The lowest BCUT2D eigenvalue weighted by Gasteiger charge is -2.34. The van der Waals surface area contributed by atoms with E-state index in [4.69, 9.17) is 0 Å². The highest BCUT2D eigenvalue weighted by molar-refractivity contribution is 7.91. The van der Waals surface area contributed by atoms with Gasteiger partial charge in [-0.25, -0.2) is 17.2 Å². The Balaban J connectivity index is 1.39. The van der Waals surface area contributed by atoms with E-state index in [2.05, 4.69) is 5.32 Å². The van der Waals surface area contributed by atoms with Gasteiger partial charge in [0, 0.05) is 44.5 Å². The molecular weight excluding hydrogens is 436 g/mol. The Kier molecular flexibility index (Phi) is 6.76. The Morgan fingerprint density at radius 1 is 1.03 bits per heavy atom. The van der Waals surface area contributed by atoms with Gasteiger partial charge in [-0.3, -0.25) is 9.69 Å². The van der Waals surface area contributed by atoms with Gasteiger partial charge in [0.05, 0.1) is 11.5 Å². The molecule has 2 saturated heterocycles. The largest absolute Gasteiger partial charge is 0.371 e. The van der Waals surface area contributed by atoms with E-state index >= 15 is 0 Å². The number of carbonyl (C=O) groups is 1. The highest BCUT2D eigenvalue weighted by atomic mass is 32.2. The molecule has 2 aromatic rings. The van der Waals surface area contributed by atoms with Gasteiger partial charge in [-0.2, -0.15) is 0 Å². The fraction of sp³-hybridized carbons (Fsp3) is 0.435. The molecule has 0 bridgehead atoms. The third-order valence-electron chi connectivity index (χ3n) is 6.23. The van der Waals surface area contributed by atoms with E-state index in [1.165, 1.54) is 6.07 Å². The first-order valence-electron chi connectivity index (χ1n) is 10.8. The van der Waals surface area contributed by atoms with Crippen LogP contribution in [0.1, 0.15) is 18.0 Å². The molecule has 9 heteroatoms. The molecule has 2 fully saturated rings. The van der Waals surface area contributed by atoms with Crippen molar-refractivity contribution in [2.45, 2.75) is 12.5 Å². The fourth-order valence-electron chi connectivity index (χ4n) is 4.41. The van der Waals surface area contributed by atoms with Crippen LogP contribution in [0.15, 0.2) is 48.5 Å². The average molecular weight is 464 g/mol. The molecule has 0 aromatic heterocycles. The maximum atomic E-state index is 13.6. The molecule has 2 heterocycles. The van der Waals surface area contributed by atoms with E-state index in [-0.39, 0.29) is 23.3 Å². The lowest BCUT2D eigenvalue weighted by molar-refractivity contribution is -0.126. The van der Waals surface area contributed by atoms with Gasteiger partial charge in [0.2, 0.25) is 5.91 Å². The average Bonchev–Trinajstić information content (AvgIpc) is 3.25. The summed E-state index contributed by atoms with van der Waals surface area (Å²) in [6.07, 6.45) is 0.831. The molecule has 0 spiro atoms. The zero-order chi connectivity index (χ0) is 22.7.